The molecule has 3 nitrogen and oxygen atoms in total. The van der Waals surface area contributed by atoms with E-state index in [0.717, 1.165) is 25.2 Å². The molecule has 1 aliphatic heterocycles. The van der Waals surface area contributed by atoms with Gasteiger partial charge in [0.1, 0.15) is 0 Å². The molecule has 0 radical (unpaired) electrons. The first kappa shape index (κ1) is 16.3. The molecule has 0 aliphatic carbocycles. The van der Waals surface area contributed by atoms with E-state index in [1.165, 1.54) is 6.07 Å². The van der Waals surface area contributed by atoms with Crippen LogP contribution in [0.5, 0.6) is 0 Å². The molecule has 1 aromatic carbocycles. The molecule has 0 spiro atoms. The summed E-state index contributed by atoms with van der Waals surface area (Å²) in [7, 11) is 0. The monoisotopic (exact) mass is 302 g/mol. The van der Waals surface area contributed by atoms with Gasteiger partial charge in [-0.2, -0.15) is 13.2 Å². The third kappa shape index (κ3) is 4.43. The lowest BCUT2D eigenvalue weighted by molar-refractivity contribution is -0.137. The van der Waals surface area contributed by atoms with Crippen molar-refractivity contribution in [2.75, 3.05) is 26.2 Å². The van der Waals surface area contributed by atoms with Crippen molar-refractivity contribution in [3.8, 4) is 0 Å². The van der Waals surface area contributed by atoms with Crippen molar-refractivity contribution in [3.05, 3.63) is 35.4 Å². The van der Waals surface area contributed by atoms with E-state index in [1.54, 1.807) is 6.07 Å². The smallest absolute Gasteiger partial charge is 0.373 e. The molecule has 0 bridgehead atoms. The van der Waals surface area contributed by atoms with Crippen LogP contribution in [0.15, 0.2) is 24.3 Å². The lowest BCUT2D eigenvalue weighted by atomic mass is 10.0. The van der Waals surface area contributed by atoms with Crippen LogP contribution in [-0.2, 0) is 10.9 Å². The molecule has 0 amide bonds. The highest BCUT2D eigenvalue weighted by Gasteiger charge is 2.31. The summed E-state index contributed by atoms with van der Waals surface area (Å²) < 4.78 is 43.8. The third-order valence-electron chi connectivity index (χ3n) is 3.60. The van der Waals surface area contributed by atoms with Gasteiger partial charge in [0.2, 0.25) is 0 Å². The van der Waals surface area contributed by atoms with E-state index in [-0.39, 0.29) is 5.60 Å². The summed E-state index contributed by atoms with van der Waals surface area (Å²) in [4.78, 5) is 2.13. The highest BCUT2D eigenvalue weighted by molar-refractivity contribution is 5.28. The Labute approximate surface area is 122 Å². The van der Waals surface area contributed by atoms with Gasteiger partial charge in [-0.25, -0.2) is 0 Å². The number of rotatable bonds is 3. The molecule has 0 aromatic heterocycles. The summed E-state index contributed by atoms with van der Waals surface area (Å²) in [6.45, 7) is 6.59. The molecule has 1 aliphatic rings. The SMILES string of the molecule is CC1(C)CN(CC(N)c2cccc(C(F)(F)F)c2)CCO1. The molecule has 1 heterocycles. The Balaban J connectivity index is 2.05. The Morgan fingerprint density at radius 2 is 2.10 bits per heavy atom. The van der Waals surface area contributed by atoms with E-state index in [9.17, 15) is 13.2 Å². The molecule has 1 atom stereocenters. The van der Waals surface area contributed by atoms with Gasteiger partial charge < -0.3 is 10.5 Å². The summed E-state index contributed by atoms with van der Waals surface area (Å²) >= 11 is 0. The van der Waals surface area contributed by atoms with E-state index in [0.29, 0.717) is 18.7 Å². The second-order valence-electron chi connectivity index (χ2n) is 6.07. The minimum Gasteiger partial charge on any atom is -0.373 e. The summed E-state index contributed by atoms with van der Waals surface area (Å²) in [5, 5.41) is 0. The van der Waals surface area contributed by atoms with Crippen molar-refractivity contribution in [1.82, 2.24) is 4.90 Å². The minimum atomic E-state index is -4.34. The number of nitrogens with zero attached hydrogens (tertiary/aromatic N) is 1. The Morgan fingerprint density at radius 1 is 1.38 bits per heavy atom. The van der Waals surface area contributed by atoms with Crippen LogP contribution in [0.2, 0.25) is 0 Å². The maximum absolute atomic E-state index is 12.7. The van der Waals surface area contributed by atoms with Gasteiger partial charge in [-0.05, 0) is 31.5 Å². The molecule has 1 unspecified atom stereocenters. The van der Waals surface area contributed by atoms with Crippen LogP contribution < -0.4 is 5.73 Å². The second-order valence-corrected chi connectivity index (χ2v) is 6.07. The molecule has 1 saturated heterocycles. The van der Waals surface area contributed by atoms with Crippen molar-refractivity contribution in [2.45, 2.75) is 31.7 Å². The number of benzene rings is 1. The highest BCUT2D eigenvalue weighted by Crippen LogP contribution is 2.30. The highest BCUT2D eigenvalue weighted by atomic mass is 19.4. The van der Waals surface area contributed by atoms with Gasteiger partial charge in [0.15, 0.2) is 0 Å². The van der Waals surface area contributed by atoms with Crippen molar-refractivity contribution < 1.29 is 17.9 Å². The van der Waals surface area contributed by atoms with E-state index >= 15 is 0 Å². The molecule has 0 saturated carbocycles. The minimum absolute atomic E-state index is 0.244. The van der Waals surface area contributed by atoms with Crippen molar-refractivity contribution in [2.24, 2.45) is 5.73 Å². The van der Waals surface area contributed by atoms with Gasteiger partial charge in [0.25, 0.3) is 0 Å². The van der Waals surface area contributed by atoms with E-state index in [4.69, 9.17) is 10.5 Å². The molecule has 1 aromatic rings. The molecule has 2 rings (SSSR count). The van der Waals surface area contributed by atoms with Gasteiger partial charge >= 0.3 is 6.18 Å². The van der Waals surface area contributed by atoms with Crippen LogP contribution in [0.4, 0.5) is 13.2 Å². The number of alkyl halides is 3. The number of ether oxygens (including phenoxy) is 1. The van der Waals surface area contributed by atoms with Crippen LogP contribution in [0.25, 0.3) is 0 Å². The number of hydrogen-bond acceptors (Lipinski definition) is 3. The van der Waals surface area contributed by atoms with Crippen LogP contribution in [-0.4, -0.2) is 36.7 Å². The zero-order valence-corrected chi connectivity index (χ0v) is 12.3. The third-order valence-corrected chi connectivity index (χ3v) is 3.60. The second kappa shape index (κ2) is 5.94. The summed E-state index contributed by atoms with van der Waals surface area (Å²) in [5.41, 5.74) is 5.69. The predicted octanol–water partition coefficient (Wildman–Crippen LogP) is 2.82. The van der Waals surface area contributed by atoms with Gasteiger partial charge in [0.05, 0.1) is 17.8 Å². The van der Waals surface area contributed by atoms with Crippen molar-refractivity contribution in [3.63, 3.8) is 0 Å². The number of nitrogens with two attached hydrogens (primary N) is 1. The van der Waals surface area contributed by atoms with Gasteiger partial charge in [-0.3, -0.25) is 4.90 Å². The number of hydrogen-bond donors (Lipinski definition) is 1. The molecule has 118 valence electrons. The standard InChI is InChI=1S/C15H21F3N2O/c1-14(2)10-20(6-7-21-14)9-13(19)11-4-3-5-12(8-11)15(16,17)18/h3-5,8,13H,6-7,9-10,19H2,1-2H3. The van der Waals surface area contributed by atoms with Gasteiger partial charge in [-0.1, -0.05) is 12.1 Å². The van der Waals surface area contributed by atoms with Crippen LogP contribution in [0.3, 0.4) is 0 Å². The summed E-state index contributed by atoms with van der Waals surface area (Å²) in [6.07, 6.45) is -4.34. The molecular weight excluding hydrogens is 281 g/mol. The fraction of sp³-hybridized carbons (Fsp3) is 0.600. The molecule has 1 fully saturated rings. The van der Waals surface area contributed by atoms with Crippen LogP contribution in [0.1, 0.15) is 31.0 Å². The van der Waals surface area contributed by atoms with E-state index < -0.39 is 17.8 Å². The first-order chi connectivity index (χ1) is 9.67. The van der Waals surface area contributed by atoms with Crippen LogP contribution >= 0.6 is 0 Å². The largest absolute Gasteiger partial charge is 0.416 e. The quantitative estimate of drug-likeness (QED) is 0.933. The maximum Gasteiger partial charge on any atom is 0.416 e. The molecule has 6 heteroatoms. The topological polar surface area (TPSA) is 38.5 Å². The van der Waals surface area contributed by atoms with E-state index in [2.05, 4.69) is 4.90 Å². The zero-order valence-electron chi connectivity index (χ0n) is 12.3. The fourth-order valence-corrected chi connectivity index (χ4v) is 2.60. The Morgan fingerprint density at radius 3 is 2.71 bits per heavy atom. The summed E-state index contributed by atoms with van der Waals surface area (Å²) in [5.74, 6) is 0. The molecule has 21 heavy (non-hydrogen) atoms. The summed E-state index contributed by atoms with van der Waals surface area (Å²) in [6, 6.07) is 4.80. The zero-order chi connectivity index (χ0) is 15.7. The molecule has 2 N–H and O–H groups in total. The maximum atomic E-state index is 12.7. The first-order valence-corrected chi connectivity index (χ1v) is 6.96. The lowest BCUT2D eigenvalue weighted by Crippen LogP contribution is -2.50. The van der Waals surface area contributed by atoms with Crippen molar-refractivity contribution >= 4 is 0 Å². The van der Waals surface area contributed by atoms with Gasteiger partial charge in [0, 0.05) is 25.7 Å². The van der Waals surface area contributed by atoms with Crippen molar-refractivity contribution in [1.29, 1.82) is 0 Å². The average Bonchev–Trinajstić information content (AvgIpc) is 2.36. The lowest BCUT2D eigenvalue weighted by Gasteiger charge is -2.39. The van der Waals surface area contributed by atoms with Crippen LogP contribution in [0, 0.1) is 0 Å². The number of halogens is 3. The first-order valence-electron chi connectivity index (χ1n) is 6.96. The molecular formula is C15H21F3N2O. The number of morpholine rings is 1. The Hall–Kier alpha value is -1.11. The average molecular weight is 302 g/mol. The predicted molar refractivity (Wildman–Crippen MR) is 74.8 cm³/mol. The van der Waals surface area contributed by atoms with E-state index in [1.807, 2.05) is 13.8 Å². The Bertz CT molecular complexity index is 488. The Kier molecular flexibility index (Phi) is 4.60. The normalized spacial score (nSPS) is 21.2. The van der Waals surface area contributed by atoms with Gasteiger partial charge in [-0.15, -0.1) is 0 Å². The fourth-order valence-electron chi connectivity index (χ4n) is 2.60.